The minimum Gasteiger partial charge on any atom is -0.355 e. The first-order valence-corrected chi connectivity index (χ1v) is 9.08. The van der Waals surface area contributed by atoms with Crippen molar-refractivity contribution in [2.24, 2.45) is 5.92 Å². The molecule has 1 fully saturated rings. The Kier molecular flexibility index (Phi) is 6.64. The van der Waals surface area contributed by atoms with E-state index in [1.165, 1.54) is 30.5 Å². The van der Waals surface area contributed by atoms with Gasteiger partial charge in [-0.3, -0.25) is 14.2 Å². The van der Waals surface area contributed by atoms with Crippen molar-refractivity contribution in [1.29, 1.82) is 0 Å². The van der Waals surface area contributed by atoms with Gasteiger partial charge >= 0.3 is 4.87 Å². The Bertz CT molecular complexity index is 530. The number of hydrogen-bond donors (Lipinski definition) is 1. The summed E-state index contributed by atoms with van der Waals surface area (Å²) in [5.74, 6) is 0.801. The monoisotopic (exact) mass is 325 g/mol. The van der Waals surface area contributed by atoms with Crippen LogP contribution in [-0.4, -0.2) is 41.6 Å². The van der Waals surface area contributed by atoms with E-state index in [0.29, 0.717) is 6.54 Å². The lowest BCUT2D eigenvalue weighted by atomic mass is 9.99. The summed E-state index contributed by atoms with van der Waals surface area (Å²) in [4.78, 5) is 25.8. The first kappa shape index (κ1) is 17.2. The molecule has 0 unspecified atom stereocenters. The zero-order valence-corrected chi connectivity index (χ0v) is 14.5. The average molecular weight is 325 g/mol. The number of nitrogens with zero attached hydrogens (tertiary/aromatic N) is 2. The number of thiazole rings is 1. The van der Waals surface area contributed by atoms with Gasteiger partial charge in [0.05, 0.1) is 0 Å². The van der Waals surface area contributed by atoms with Gasteiger partial charge in [0.25, 0.3) is 0 Å². The second-order valence-electron chi connectivity index (χ2n) is 6.31. The molecule has 1 amide bonds. The van der Waals surface area contributed by atoms with Crippen LogP contribution in [0.2, 0.25) is 0 Å². The number of aromatic nitrogens is 1. The molecule has 0 bridgehead atoms. The molecule has 1 aromatic heterocycles. The lowest BCUT2D eigenvalue weighted by molar-refractivity contribution is -0.121. The molecule has 5 nitrogen and oxygen atoms in total. The van der Waals surface area contributed by atoms with E-state index in [4.69, 9.17) is 0 Å². The lowest BCUT2D eigenvalue weighted by Gasteiger charge is -2.30. The first-order chi connectivity index (χ1) is 10.6. The molecule has 0 radical (unpaired) electrons. The molecule has 1 aliphatic rings. The van der Waals surface area contributed by atoms with Gasteiger partial charge < -0.3 is 10.2 Å². The molecule has 1 aromatic rings. The van der Waals surface area contributed by atoms with Crippen molar-refractivity contribution in [2.75, 3.05) is 26.2 Å². The standard InChI is InChI=1S/C16H27N3O2S/c1-13-5-9-18(10-6-13)8-4-3-7-17-15(20)11-19-14(2)12-22-16(19)21/h12-13H,3-11H2,1-2H3,(H,17,20). The summed E-state index contributed by atoms with van der Waals surface area (Å²) in [5, 5.41) is 4.69. The SMILES string of the molecule is Cc1csc(=O)n1CC(=O)NCCCCN1CCC(C)CC1. The predicted octanol–water partition coefficient (Wildman–Crippen LogP) is 1.85. The number of unbranched alkanes of at least 4 members (excludes halogenated alkanes) is 1. The molecule has 1 saturated heterocycles. The smallest absolute Gasteiger partial charge is 0.307 e. The number of carbonyl (C=O) groups excluding carboxylic acids is 1. The van der Waals surface area contributed by atoms with Crippen LogP contribution < -0.4 is 10.2 Å². The highest BCUT2D eigenvalue weighted by molar-refractivity contribution is 7.07. The molecule has 1 aliphatic heterocycles. The number of hydrogen-bond acceptors (Lipinski definition) is 4. The van der Waals surface area contributed by atoms with Gasteiger partial charge in [-0.25, -0.2) is 0 Å². The number of rotatable bonds is 7. The normalized spacial score (nSPS) is 16.8. The van der Waals surface area contributed by atoms with Gasteiger partial charge in [0.1, 0.15) is 6.54 Å². The number of amides is 1. The van der Waals surface area contributed by atoms with E-state index in [9.17, 15) is 9.59 Å². The third kappa shape index (κ3) is 5.25. The molecule has 2 rings (SSSR count). The van der Waals surface area contributed by atoms with Gasteiger partial charge in [-0.1, -0.05) is 18.3 Å². The van der Waals surface area contributed by atoms with Crippen molar-refractivity contribution >= 4 is 17.2 Å². The fourth-order valence-corrected chi connectivity index (χ4v) is 3.50. The Morgan fingerprint density at radius 1 is 1.36 bits per heavy atom. The van der Waals surface area contributed by atoms with Crippen molar-refractivity contribution < 1.29 is 4.79 Å². The maximum Gasteiger partial charge on any atom is 0.307 e. The van der Waals surface area contributed by atoms with E-state index >= 15 is 0 Å². The zero-order chi connectivity index (χ0) is 15.9. The van der Waals surface area contributed by atoms with Crippen molar-refractivity contribution in [2.45, 2.75) is 46.1 Å². The summed E-state index contributed by atoms with van der Waals surface area (Å²) in [7, 11) is 0. The molecule has 22 heavy (non-hydrogen) atoms. The maximum absolute atomic E-state index is 11.8. The van der Waals surface area contributed by atoms with Gasteiger partial charge in [-0.05, 0) is 58.2 Å². The highest BCUT2D eigenvalue weighted by atomic mass is 32.1. The van der Waals surface area contributed by atoms with E-state index < -0.39 is 0 Å². The molecule has 0 aliphatic carbocycles. The maximum atomic E-state index is 11.8. The van der Waals surface area contributed by atoms with Crippen LogP contribution >= 0.6 is 11.3 Å². The van der Waals surface area contributed by atoms with Crippen LogP contribution in [0.4, 0.5) is 0 Å². The summed E-state index contributed by atoms with van der Waals surface area (Å²) >= 11 is 1.14. The quantitative estimate of drug-likeness (QED) is 0.779. The Labute approximate surface area is 136 Å². The van der Waals surface area contributed by atoms with E-state index in [-0.39, 0.29) is 17.3 Å². The first-order valence-electron chi connectivity index (χ1n) is 8.20. The number of nitrogens with one attached hydrogen (secondary N) is 1. The van der Waals surface area contributed by atoms with Gasteiger partial charge in [0, 0.05) is 17.6 Å². The second-order valence-corrected chi connectivity index (χ2v) is 7.13. The fourth-order valence-electron chi connectivity index (χ4n) is 2.77. The fraction of sp³-hybridized carbons (Fsp3) is 0.750. The lowest BCUT2D eigenvalue weighted by Crippen LogP contribution is -2.34. The summed E-state index contributed by atoms with van der Waals surface area (Å²) in [6.07, 6.45) is 4.73. The Balaban J connectivity index is 1.57. The number of aryl methyl sites for hydroxylation is 1. The van der Waals surface area contributed by atoms with Crippen LogP contribution in [0.25, 0.3) is 0 Å². The molecule has 1 N–H and O–H groups in total. The van der Waals surface area contributed by atoms with Crippen LogP contribution in [0, 0.1) is 12.8 Å². The van der Waals surface area contributed by atoms with Crippen molar-refractivity contribution in [3.05, 3.63) is 20.7 Å². The van der Waals surface area contributed by atoms with Crippen LogP contribution in [0.5, 0.6) is 0 Å². The summed E-state index contributed by atoms with van der Waals surface area (Å²) in [5.41, 5.74) is 0.851. The molecule has 6 heteroatoms. The third-order valence-electron chi connectivity index (χ3n) is 4.38. The second kappa shape index (κ2) is 8.48. The van der Waals surface area contributed by atoms with Crippen LogP contribution in [0.15, 0.2) is 10.2 Å². The van der Waals surface area contributed by atoms with Crippen molar-refractivity contribution in [3.63, 3.8) is 0 Å². The summed E-state index contributed by atoms with van der Waals surface area (Å²) in [6.45, 7) is 8.57. The van der Waals surface area contributed by atoms with Crippen LogP contribution in [-0.2, 0) is 11.3 Å². The van der Waals surface area contributed by atoms with E-state index in [1.807, 2.05) is 6.92 Å². The van der Waals surface area contributed by atoms with E-state index in [2.05, 4.69) is 17.1 Å². The predicted molar refractivity (Wildman–Crippen MR) is 90.4 cm³/mol. The molecule has 0 saturated carbocycles. The minimum atomic E-state index is -0.0737. The highest BCUT2D eigenvalue weighted by Crippen LogP contribution is 2.15. The van der Waals surface area contributed by atoms with Gasteiger partial charge in [0.2, 0.25) is 5.91 Å². The van der Waals surface area contributed by atoms with E-state index in [0.717, 1.165) is 42.3 Å². The molecular formula is C16H27N3O2S. The Hall–Kier alpha value is -1.14. The Morgan fingerprint density at radius 2 is 2.09 bits per heavy atom. The Morgan fingerprint density at radius 3 is 2.73 bits per heavy atom. The largest absolute Gasteiger partial charge is 0.355 e. The minimum absolute atomic E-state index is 0.0630. The third-order valence-corrected chi connectivity index (χ3v) is 5.26. The molecular weight excluding hydrogens is 298 g/mol. The summed E-state index contributed by atoms with van der Waals surface area (Å²) in [6, 6.07) is 0. The molecule has 0 spiro atoms. The van der Waals surface area contributed by atoms with Gasteiger partial charge in [-0.2, -0.15) is 0 Å². The van der Waals surface area contributed by atoms with Gasteiger partial charge in [-0.15, -0.1) is 0 Å². The van der Waals surface area contributed by atoms with Gasteiger partial charge in [0.15, 0.2) is 0 Å². The van der Waals surface area contributed by atoms with E-state index in [1.54, 1.807) is 5.38 Å². The number of likely N-dealkylation sites (tertiary alicyclic amines) is 1. The van der Waals surface area contributed by atoms with Crippen molar-refractivity contribution in [3.8, 4) is 0 Å². The highest BCUT2D eigenvalue weighted by Gasteiger charge is 2.14. The molecule has 0 aromatic carbocycles. The zero-order valence-electron chi connectivity index (χ0n) is 13.6. The van der Waals surface area contributed by atoms with Crippen LogP contribution in [0.3, 0.4) is 0 Å². The number of piperidine rings is 1. The van der Waals surface area contributed by atoms with Crippen LogP contribution in [0.1, 0.15) is 38.3 Å². The summed E-state index contributed by atoms with van der Waals surface area (Å²) < 4.78 is 1.52. The average Bonchev–Trinajstić information content (AvgIpc) is 2.81. The molecule has 0 atom stereocenters. The topological polar surface area (TPSA) is 54.3 Å². The molecule has 2 heterocycles. The number of carbonyl (C=O) groups is 1. The molecule has 124 valence electrons. The van der Waals surface area contributed by atoms with Crippen molar-refractivity contribution in [1.82, 2.24) is 14.8 Å².